The van der Waals surface area contributed by atoms with Gasteiger partial charge in [-0.15, -0.1) is 0 Å². The first-order valence-electron chi connectivity index (χ1n) is 7.65. The minimum Gasteiger partial charge on any atom is -0.490 e. The zero-order valence-electron chi connectivity index (χ0n) is 14.0. The monoisotopic (exact) mass is 320 g/mol. The Labute approximate surface area is 137 Å². The van der Waals surface area contributed by atoms with Crippen LogP contribution in [0.4, 0.5) is 4.79 Å². The van der Waals surface area contributed by atoms with Gasteiger partial charge < -0.3 is 15.0 Å². The van der Waals surface area contributed by atoms with E-state index in [9.17, 15) is 9.59 Å². The number of nitrogens with one attached hydrogen (secondary N) is 3. The van der Waals surface area contributed by atoms with Gasteiger partial charge in [-0.1, -0.05) is 12.7 Å². The molecule has 1 rings (SSSR count). The number of benzene rings is 1. The number of ether oxygens (including phenoxy) is 1. The van der Waals surface area contributed by atoms with E-state index in [1.165, 1.54) is 0 Å². The fourth-order valence-corrected chi connectivity index (χ4v) is 2.01. The van der Waals surface area contributed by atoms with Crippen LogP contribution < -0.4 is 20.3 Å². The second-order valence-corrected chi connectivity index (χ2v) is 5.73. The minimum absolute atomic E-state index is 0.00491. The number of quaternary nitrogens is 1. The average Bonchev–Trinajstić information content (AvgIpc) is 2.45. The summed E-state index contributed by atoms with van der Waals surface area (Å²) in [4.78, 5) is 24.2. The molecular formula is C17H26N3O3+. The molecule has 0 aliphatic rings. The van der Waals surface area contributed by atoms with E-state index in [1.807, 2.05) is 45.2 Å². The zero-order valence-corrected chi connectivity index (χ0v) is 14.0. The average molecular weight is 320 g/mol. The molecule has 1 unspecified atom stereocenters. The highest BCUT2D eigenvalue weighted by Crippen LogP contribution is 2.11. The Hall–Kier alpha value is -2.34. The fraction of sp³-hybridized carbons (Fsp3) is 0.412. The first-order chi connectivity index (χ1) is 10.9. The lowest BCUT2D eigenvalue weighted by molar-refractivity contribution is -0.885. The van der Waals surface area contributed by atoms with E-state index in [0.29, 0.717) is 13.2 Å². The molecular weight excluding hydrogens is 294 g/mol. The van der Waals surface area contributed by atoms with Gasteiger partial charge in [0, 0.05) is 11.6 Å². The third-order valence-corrected chi connectivity index (χ3v) is 2.93. The first-order valence-corrected chi connectivity index (χ1v) is 7.65. The Bertz CT molecular complexity index is 526. The zero-order chi connectivity index (χ0) is 17.2. The summed E-state index contributed by atoms with van der Waals surface area (Å²) < 4.78 is 5.42. The minimum atomic E-state index is -0.457. The smallest absolute Gasteiger partial charge is 0.321 e. The third-order valence-electron chi connectivity index (χ3n) is 2.93. The van der Waals surface area contributed by atoms with Crippen molar-refractivity contribution in [1.82, 2.24) is 10.6 Å². The van der Waals surface area contributed by atoms with Crippen molar-refractivity contribution in [1.29, 1.82) is 0 Å². The van der Waals surface area contributed by atoms with E-state index in [4.69, 9.17) is 4.74 Å². The lowest BCUT2D eigenvalue weighted by Crippen LogP contribution is -3.09. The number of likely N-dealkylation sites (N-methyl/N-ethyl adjacent to an activating group) is 1. The van der Waals surface area contributed by atoms with Crippen LogP contribution in [0.3, 0.4) is 0 Å². The van der Waals surface area contributed by atoms with Gasteiger partial charge in [0.25, 0.3) is 5.91 Å². The van der Waals surface area contributed by atoms with Crippen molar-refractivity contribution in [2.24, 2.45) is 0 Å². The molecule has 0 heterocycles. The highest BCUT2D eigenvalue weighted by atomic mass is 16.5. The predicted molar refractivity (Wildman–Crippen MR) is 89.4 cm³/mol. The maximum Gasteiger partial charge on any atom is 0.321 e. The van der Waals surface area contributed by atoms with Crippen LogP contribution in [0.1, 0.15) is 19.4 Å². The molecule has 0 spiro atoms. The third kappa shape index (κ3) is 8.01. The quantitative estimate of drug-likeness (QED) is 0.611. The van der Waals surface area contributed by atoms with E-state index in [2.05, 4.69) is 17.2 Å². The normalized spacial score (nSPS) is 11.7. The number of urea groups is 1. The van der Waals surface area contributed by atoms with E-state index in [0.717, 1.165) is 16.2 Å². The van der Waals surface area contributed by atoms with Crippen molar-refractivity contribution >= 4 is 11.9 Å². The number of amides is 3. The molecule has 0 aliphatic carbocycles. The largest absolute Gasteiger partial charge is 0.490 e. The standard InChI is InChI=1S/C17H25N3O3/c1-5-10-23-15-8-6-14(7-9-15)11-20(4)12-16(21)19-17(22)18-13(2)3/h5-9,13H,1,10-12H2,2-4H3,(H2,18,19,21,22)/p+1. The molecule has 6 nitrogen and oxygen atoms in total. The second-order valence-electron chi connectivity index (χ2n) is 5.73. The van der Waals surface area contributed by atoms with Gasteiger partial charge in [0.2, 0.25) is 0 Å². The molecule has 23 heavy (non-hydrogen) atoms. The molecule has 0 saturated carbocycles. The van der Waals surface area contributed by atoms with Crippen LogP contribution >= 0.6 is 0 Å². The number of carbonyl (C=O) groups is 2. The van der Waals surface area contributed by atoms with Crippen molar-refractivity contribution < 1.29 is 19.2 Å². The van der Waals surface area contributed by atoms with Crippen LogP contribution in [-0.4, -0.2) is 38.2 Å². The van der Waals surface area contributed by atoms with Crippen molar-refractivity contribution in [3.8, 4) is 5.75 Å². The van der Waals surface area contributed by atoms with Crippen LogP contribution in [0.5, 0.6) is 5.75 Å². The molecule has 0 fully saturated rings. The van der Waals surface area contributed by atoms with Crippen molar-refractivity contribution in [2.75, 3.05) is 20.2 Å². The lowest BCUT2D eigenvalue weighted by atomic mass is 10.2. The van der Waals surface area contributed by atoms with E-state index < -0.39 is 6.03 Å². The summed E-state index contributed by atoms with van der Waals surface area (Å²) in [5, 5.41) is 4.94. The molecule has 0 aromatic heterocycles. The Balaban J connectivity index is 2.40. The van der Waals surface area contributed by atoms with Crippen LogP contribution in [0.2, 0.25) is 0 Å². The molecule has 0 radical (unpaired) electrons. The molecule has 126 valence electrons. The summed E-state index contributed by atoms with van der Waals surface area (Å²) in [5.41, 5.74) is 1.09. The van der Waals surface area contributed by atoms with Gasteiger partial charge in [-0.05, 0) is 38.1 Å². The molecule has 6 heteroatoms. The van der Waals surface area contributed by atoms with Crippen molar-refractivity contribution in [3.63, 3.8) is 0 Å². The number of imide groups is 1. The van der Waals surface area contributed by atoms with Crippen molar-refractivity contribution in [3.05, 3.63) is 42.5 Å². The van der Waals surface area contributed by atoms with Crippen LogP contribution in [-0.2, 0) is 11.3 Å². The van der Waals surface area contributed by atoms with Gasteiger partial charge in [0.05, 0.1) is 7.05 Å². The van der Waals surface area contributed by atoms with E-state index >= 15 is 0 Å². The molecule has 3 N–H and O–H groups in total. The summed E-state index contributed by atoms with van der Waals surface area (Å²) in [7, 11) is 1.90. The topological polar surface area (TPSA) is 71.9 Å². The summed E-state index contributed by atoms with van der Waals surface area (Å²) in [6.07, 6.45) is 1.69. The maximum absolute atomic E-state index is 11.8. The maximum atomic E-state index is 11.8. The molecule has 1 aromatic rings. The van der Waals surface area contributed by atoms with Gasteiger partial charge in [-0.25, -0.2) is 4.79 Å². The number of rotatable bonds is 8. The van der Waals surface area contributed by atoms with Crippen LogP contribution in [0.15, 0.2) is 36.9 Å². The lowest BCUT2D eigenvalue weighted by Gasteiger charge is -2.14. The Morgan fingerprint density at radius 3 is 2.52 bits per heavy atom. The van der Waals surface area contributed by atoms with Gasteiger partial charge >= 0.3 is 6.03 Å². The predicted octanol–water partition coefficient (Wildman–Crippen LogP) is 0.500. The Morgan fingerprint density at radius 1 is 1.30 bits per heavy atom. The molecule has 3 amide bonds. The highest BCUT2D eigenvalue weighted by molar-refractivity contribution is 5.94. The molecule has 0 aliphatic heterocycles. The van der Waals surface area contributed by atoms with Gasteiger partial charge in [-0.2, -0.15) is 0 Å². The summed E-state index contributed by atoms with van der Waals surface area (Å²) in [6.45, 7) is 8.66. The van der Waals surface area contributed by atoms with E-state index in [-0.39, 0.29) is 18.5 Å². The van der Waals surface area contributed by atoms with Crippen molar-refractivity contribution in [2.45, 2.75) is 26.4 Å². The van der Waals surface area contributed by atoms with Gasteiger partial charge in [0.1, 0.15) is 18.9 Å². The SMILES string of the molecule is C=CCOc1ccc(C[NH+](C)CC(=O)NC(=O)NC(C)C)cc1. The molecule has 1 aromatic carbocycles. The van der Waals surface area contributed by atoms with Gasteiger partial charge in [0.15, 0.2) is 6.54 Å². The Morgan fingerprint density at radius 2 is 1.96 bits per heavy atom. The van der Waals surface area contributed by atoms with Gasteiger partial charge in [-0.3, -0.25) is 10.1 Å². The number of hydrogen-bond donors (Lipinski definition) is 3. The molecule has 0 saturated heterocycles. The number of hydrogen-bond acceptors (Lipinski definition) is 3. The number of carbonyl (C=O) groups excluding carboxylic acids is 2. The summed E-state index contributed by atoms with van der Waals surface area (Å²) in [5.74, 6) is 0.487. The Kier molecular flexibility index (Phi) is 7.83. The summed E-state index contributed by atoms with van der Waals surface area (Å²) in [6, 6.07) is 7.25. The van der Waals surface area contributed by atoms with Crippen LogP contribution in [0.25, 0.3) is 0 Å². The molecule has 0 bridgehead atoms. The molecule has 1 atom stereocenters. The van der Waals surface area contributed by atoms with Crippen LogP contribution in [0, 0.1) is 0 Å². The highest BCUT2D eigenvalue weighted by Gasteiger charge is 2.14. The summed E-state index contributed by atoms with van der Waals surface area (Å²) >= 11 is 0. The second kappa shape index (κ2) is 9.63. The van der Waals surface area contributed by atoms with E-state index in [1.54, 1.807) is 6.08 Å². The fourth-order valence-electron chi connectivity index (χ4n) is 2.01. The first kappa shape index (κ1) is 18.7.